The number of aromatic nitrogens is 2. The molecule has 0 bridgehead atoms. The van der Waals surface area contributed by atoms with E-state index in [1.54, 1.807) is 0 Å². The first-order valence-electron chi connectivity index (χ1n) is 4.42. The number of hydrogen-bond acceptors (Lipinski definition) is 6. The third kappa shape index (κ3) is 3.12. The summed E-state index contributed by atoms with van der Waals surface area (Å²) in [6.07, 6.45) is 2.59. The maximum atomic E-state index is 11.0. The molecule has 0 amide bonds. The summed E-state index contributed by atoms with van der Waals surface area (Å²) in [7, 11) is -10.9. The highest BCUT2D eigenvalue weighted by Crippen LogP contribution is 2.67. The van der Waals surface area contributed by atoms with Gasteiger partial charge in [-0.05, 0) is 6.07 Å². The van der Waals surface area contributed by atoms with Gasteiger partial charge in [-0.25, -0.2) is 9.97 Å². The Balaban J connectivity index is 2.96. The number of hydrogen-bond donors (Lipinski definition) is 6. The van der Waals surface area contributed by atoms with Crippen LogP contribution < -0.4 is 5.32 Å². The Morgan fingerprint density at radius 1 is 1.11 bits per heavy atom. The second-order valence-electron chi connectivity index (χ2n) is 3.29. The van der Waals surface area contributed by atoms with Crippen molar-refractivity contribution in [1.29, 1.82) is 0 Å². The maximum absolute atomic E-state index is 11.0. The van der Waals surface area contributed by atoms with E-state index >= 15 is 0 Å². The highest BCUT2D eigenvalue weighted by molar-refractivity contribution is 7.72. The lowest BCUT2D eigenvalue weighted by atomic mass is 10.6. The van der Waals surface area contributed by atoms with E-state index in [0.29, 0.717) is 0 Å². The molecule has 0 aliphatic heterocycles. The van der Waals surface area contributed by atoms with E-state index in [9.17, 15) is 14.2 Å². The van der Waals surface area contributed by atoms with Crippen LogP contribution in [0.1, 0.15) is 0 Å². The zero-order valence-corrected chi connectivity index (χ0v) is 10.6. The Kier molecular flexibility index (Phi) is 4.24. The van der Waals surface area contributed by atoms with Crippen LogP contribution in [-0.4, -0.2) is 46.3 Å². The molecule has 0 fully saturated rings. The van der Waals surface area contributed by atoms with Crippen LogP contribution in [0.25, 0.3) is 0 Å². The smallest absolute Gasteiger partial charge is 0.366 e. The Hall–Kier alpha value is -0.860. The monoisotopic (exact) mass is 299 g/mol. The van der Waals surface area contributed by atoms with Crippen LogP contribution in [0.3, 0.4) is 0 Å². The van der Waals surface area contributed by atoms with Gasteiger partial charge in [-0.15, -0.1) is 0 Å². The second-order valence-corrected chi connectivity index (χ2v) is 7.30. The lowest BCUT2D eigenvalue weighted by Gasteiger charge is -2.29. The third-order valence-electron chi connectivity index (χ3n) is 1.98. The van der Waals surface area contributed by atoms with Gasteiger partial charge in [0.25, 0.3) is 5.08 Å². The van der Waals surface area contributed by atoms with Gasteiger partial charge in [0.05, 0.1) is 6.54 Å². The lowest BCUT2D eigenvalue weighted by Crippen LogP contribution is -2.36. The first-order chi connectivity index (χ1) is 8.08. The molecule has 6 N–H and O–H groups in total. The molecule has 0 atom stereocenters. The zero-order chi connectivity index (χ0) is 14.0. The van der Waals surface area contributed by atoms with Gasteiger partial charge in [-0.2, -0.15) is 0 Å². The third-order valence-corrected chi connectivity index (χ3v) is 5.73. The van der Waals surface area contributed by atoms with Crippen molar-refractivity contribution in [2.45, 2.75) is 5.08 Å². The van der Waals surface area contributed by atoms with E-state index in [0.717, 1.165) is 0 Å². The van der Waals surface area contributed by atoms with Crippen LogP contribution in [0.15, 0.2) is 18.5 Å². The van der Waals surface area contributed by atoms with Gasteiger partial charge in [0.2, 0.25) is 5.95 Å². The summed E-state index contributed by atoms with van der Waals surface area (Å²) in [5.74, 6) is -0.141. The number of anilines is 1. The minimum Gasteiger partial charge on any atom is -0.366 e. The van der Waals surface area contributed by atoms with Crippen LogP contribution in [0.4, 0.5) is 5.95 Å². The summed E-state index contributed by atoms with van der Waals surface area (Å²) in [4.78, 5) is 42.6. The molecule has 1 rings (SSSR count). The molecular weight excluding hydrogens is 288 g/mol. The molecule has 12 heteroatoms. The molecule has 1 heterocycles. The minimum atomic E-state index is -5.47. The van der Waals surface area contributed by atoms with Crippen LogP contribution in [-0.2, 0) is 9.13 Å². The van der Waals surface area contributed by atoms with Gasteiger partial charge in [-0.1, -0.05) is 0 Å². The Labute approximate surface area is 101 Å². The molecule has 0 aliphatic carbocycles. The van der Waals surface area contributed by atoms with Gasteiger partial charge in [0.1, 0.15) is 0 Å². The molecule has 18 heavy (non-hydrogen) atoms. The number of nitrogens with one attached hydrogen (secondary N) is 1. The highest BCUT2D eigenvalue weighted by atomic mass is 31.2. The predicted molar refractivity (Wildman–Crippen MR) is 59.6 cm³/mol. The summed E-state index contributed by atoms with van der Waals surface area (Å²) < 4.78 is 22.0. The number of aliphatic hydroxyl groups is 1. The lowest BCUT2D eigenvalue weighted by molar-refractivity contribution is 0.140. The molecule has 102 valence electrons. The minimum absolute atomic E-state index is 0.141. The molecule has 0 unspecified atom stereocenters. The summed E-state index contributed by atoms with van der Waals surface area (Å²) >= 11 is 0. The number of rotatable bonds is 5. The Bertz CT molecular complexity index is 475. The van der Waals surface area contributed by atoms with Crippen molar-refractivity contribution in [1.82, 2.24) is 9.97 Å². The van der Waals surface area contributed by atoms with Crippen molar-refractivity contribution >= 4 is 21.1 Å². The van der Waals surface area contributed by atoms with Crippen molar-refractivity contribution < 1.29 is 33.8 Å². The van der Waals surface area contributed by atoms with E-state index < -0.39 is 26.8 Å². The van der Waals surface area contributed by atoms with E-state index in [1.165, 1.54) is 18.5 Å². The van der Waals surface area contributed by atoms with Gasteiger partial charge in [0, 0.05) is 12.4 Å². The summed E-state index contributed by atoms with van der Waals surface area (Å²) in [6, 6.07) is 1.46. The second kappa shape index (κ2) is 5.02. The van der Waals surface area contributed by atoms with Crippen LogP contribution in [0.2, 0.25) is 0 Å². The maximum Gasteiger partial charge on any atom is 0.371 e. The van der Waals surface area contributed by atoms with Crippen molar-refractivity contribution in [2.75, 3.05) is 11.9 Å². The molecule has 0 saturated heterocycles. The fourth-order valence-electron chi connectivity index (χ4n) is 0.964. The Morgan fingerprint density at radius 2 is 1.56 bits per heavy atom. The Morgan fingerprint density at radius 3 is 1.94 bits per heavy atom. The summed E-state index contributed by atoms with van der Waals surface area (Å²) in [6.45, 7) is -1.11. The van der Waals surface area contributed by atoms with Crippen molar-refractivity contribution in [3.63, 3.8) is 0 Å². The highest BCUT2D eigenvalue weighted by Gasteiger charge is 2.59. The molecule has 1 aromatic heterocycles. The van der Waals surface area contributed by atoms with Gasteiger partial charge in [0.15, 0.2) is 0 Å². The summed E-state index contributed by atoms with van der Waals surface area (Å²) in [5, 5.41) is 8.11. The van der Waals surface area contributed by atoms with E-state index in [2.05, 4.69) is 15.3 Å². The van der Waals surface area contributed by atoms with E-state index in [-0.39, 0.29) is 5.95 Å². The molecule has 0 aliphatic rings. The normalized spacial score (nSPS) is 13.4. The molecule has 0 radical (unpaired) electrons. The van der Waals surface area contributed by atoms with E-state index in [1.807, 2.05) is 0 Å². The first kappa shape index (κ1) is 15.2. The van der Waals surface area contributed by atoms with Gasteiger partial charge in [-0.3, -0.25) is 9.13 Å². The van der Waals surface area contributed by atoms with Crippen LogP contribution in [0, 0.1) is 0 Å². The molecule has 1 aromatic rings. The van der Waals surface area contributed by atoms with E-state index in [4.69, 9.17) is 19.6 Å². The topological polar surface area (TPSA) is 173 Å². The molecule has 0 saturated carbocycles. The van der Waals surface area contributed by atoms with Gasteiger partial charge >= 0.3 is 15.2 Å². The fraction of sp³-hybridized carbons (Fsp3) is 0.333. The van der Waals surface area contributed by atoms with Crippen LogP contribution in [0.5, 0.6) is 0 Å². The SMILES string of the molecule is O=P(O)(O)C(O)(CNc1ncccn1)P(=O)(O)O. The standard InChI is InChI=1S/C6H11N3O7P2/c10-6(17(11,12)13,18(14,15)16)4-9-5-7-2-1-3-8-5/h1-3,10H,4H2,(H,7,8,9)(H2,11,12,13)(H2,14,15,16). The average Bonchev–Trinajstić information content (AvgIpc) is 2.24. The van der Waals surface area contributed by atoms with Crippen LogP contribution >= 0.6 is 15.2 Å². The predicted octanol–water partition coefficient (Wildman–Crippen LogP) is -1.11. The first-order valence-corrected chi connectivity index (χ1v) is 7.65. The van der Waals surface area contributed by atoms with Crippen molar-refractivity contribution in [2.24, 2.45) is 0 Å². The fourth-order valence-corrected chi connectivity index (χ4v) is 2.89. The molecule has 0 spiro atoms. The summed E-state index contributed by atoms with van der Waals surface area (Å²) in [5.41, 5.74) is 0. The number of nitrogens with zero attached hydrogens (tertiary/aromatic N) is 2. The average molecular weight is 299 g/mol. The van der Waals surface area contributed by atoms with Gasteiger partial charge < -0.3 is 30.0 Å². The molecule has 0 aromatic carbocycles. The quantitative estimate of drug-likeness (QED) is 0.366. The van der Waals surface area contributed by atoms with Crippen molar-refractivity contribution in [3.05, 3.63) is 18.5 Å². The van der Waals surface area contributed by atoms with Crippen molar-refractivity contribution in [3.8, 4) is 0 Å². The zero-order valence-electron chi connectivity index (χ0n) is 8.78. The largest absolute Gasteiger partial charge is 0.371 e. The molecular formula is C6H11N3O7P2. The molecule has 10 nitrogen and oxygen atoms in total.